The van der Waals surface area contributed by atoms with E-state index in [4.69, 9.17) is 0 Å². The highest BCUT2D eigenvalue weighted by Gasteiger charge is 2.29. The topological polar surface area (TPSA) is 88.2 Å². The molecule has 0 spiro atoms. The van der Waals surface area contributed by atoms with Crippen molar-refractivity contribution in [1.82, 2.24) is 4.98 Å². The molecule has 30 heavy (non-hydrogen) atoms. The van der Waals surface area contributed by atoms with Gasteiger partial charge in [0.2, 0.25) is 5.91 Å². The Balaban J connectivity index is 1.61. The third-order valence-electron chi connectivity index (χ3n) is 3.75. The van der Waals surface area contributed by atoms with Gasteiger partial charge < -0.3 is 5.32 Å². The summed E-state index contributed by atoms with van der Waals surface area (Å²) in [6.45, 7) is 0. The monoisotopic (exact) mass is 453 g/mol. The van der Waals surface area contributed by atoms with Gasteiger partial charge in [-0.1, -0.05) is 12.1 Å². The fraction of sp³-hybridized carbons (Fsp3) is 0.0526. The Bertz CT molecular complexity index is 1140. The molecule has 0 unspecified atom stereocenters. The van der Waals surface area contributed by atoms with Crippen molar-refractivity contribution in [2.45, 2.75) is 11.1 Å². The zero-order valence-electron chi connectivity index (χ0n) is 15.1. The molecule has 3 aromatic rings. The predicted octanol–water partition coefficient (Wildman–Crippen LogP) is 4.61. The lowest BCUT2D eigenvalue weighted by Crippen LogP contribution is -2.13. The fourth-order valence-electron chi connectivity index (χ4n) is 2.30. The van der Waals surface area contributed by atoms with Gasteiger partial charge in [0, 0.05) is 23.3 Å². The van der Waals surface area contributed by atoms with Gasteiger partial charge in [-0.2, -0.15) is 13.2 Å². The number of amides is 1. The van der Waals surface area contributed by atoms with E-state index in [1.807, 2.05) is 0 Å². The average Bonchev–Trinajstić information content (AvgIpc) is 3.19. The third kappa shape index (κ3) is 5.67. The fourth-order valence-corrected chi connectivity index (χ4v) is 4.09. The van der Waals surface area contributed by atoms with Crippen LogP contribution in [-0.2, 0) is 21.0 Å². The summed E-state index contributed by atoms with van der Waals surface area (Å²) in [7, 11) is -3.80. The summed E-state index contributed by atoms with van der Waals surface area (Å²) in [5.74, 6) is -0.522. The lowest BCUT2D eigenvalue weighted by molar-refractivity contribution is -0.137. The molecule has 0 saturated heterocycles. The molecule has 0 aliphatic heterocycles. The second-order valence-corrected chi connectivity index (χ2v) is 8.49. The molecule has 2 N–H and O–H groups in total. The minimum atomic E-state index is -4.42. The van der Waals surface area contributed by atoms with Crippen molar-refractivity contribution in [2.24, 2.45) is 0 Å². The Labute approximate surface area is 174 Å². The minimum Gasteiger partial charge on any atom is -0.323 e. The highest BCUT2D eigenvalue weighted by molar-refractivity contribution is 7.93. The van der Waals surface area contributed by atoms with Gasteiger partial charge in [0.15, 0.2) is 5.13 Å². The first-order chi connectivity index (χ1) is 14.1. The number of nitrogens with one attached hydrogen (secondary N) is 2. The summed E-state index contributed by atoms with van der Waals surface area (Å²) in [5, 5.41) is 4.41. The zero-order valence-corrected chi connectivity index (χ0v) is 16.7. The van der Waals surface area contributed by atoms with Crippen molar-refractivity contribution < 1.29 is 26.4 Å². The van der Waals surface area contributed by atoms with Gasteiger partial charge in [-0.3, -0.25) is 9.52 Å². The van der Waals surface area contributed by atoms with Crippen LogP contribution in [0.25, 0.3) is 6.08 Å². The Morgan fingerprint density at radius 3 is 2.27 bits per heavy atom. The smallest absolute Gasteiger partial charge is 0.323 e. The van der Waals surface area contributed by atoms with Gasteiger partial charge in [-0.25, -0.2) is 13.4 Å². The van der Waals surface area contributed by atoms with Crippen LogP contribution in [0.15, 0.2) is 71.1 Å². The van der Waals surface area contributed by atoms with Gasteiger partial charge >= 0.3 is 6.18 Å². The van der Waals surface area contributed by atoms with E-state index in [1.165, 1.54) is 48.7 Å². The maximum atomic E-state index is 12.5. The molecule has 6 nitrogen and oxygen atoms in total. The molecule has 11 heteroatoms. The number of halogens is 3. The number of carbonyl (C=O) groups is 1. The van der Waals surface area contributed by atoms with Crippen LogP contribution in [0.4, 0.5) is 24.0 Å². The average molecular weight is 453 g/mol. The van der Waals surface area contributed by atoms with E-state index in [2.05, 4.69) is 15.0 Å². The number of aromatic nitrogens is 1. The molecule has 2 aromatic carbocycles. The Hall–Kier alpha value is -3.18. The summed E-state index contributed by atoms with van der Waals surface area (Å²) in [5.41, 5.74) is 0.00149. The van der Waals surface area contributed by atoms with Gasteiger partial charge in [-0.15, -0.1) is 11.3 Å². The standard InChI is InChI=1S/C19H14F3N3O3S2/c20-19(21,22)14-4-1-13(2-5-14)3-10-17(26)24-15-6-8-16(9-7-15)30(27,28)25-18-23-11-12-29-18/h1-12H,(H,23,25)(H,24,26)/b10-3+. The number of carbonyl (C=O) groups excluding carboxylic acids is 1. The van der Waals surface area contributed by atoms with Gasteiger partial charge in [0.05, 0.1) is 10.5 Å². The van der Waals surface area contributed by atoms with Crippen LogP contribution in [0.3, 0.4) is 0 Å². The summed E-state index contributed by atoms with van der Waals surface area (Å²) in [4.78, 5) is 15.8. The first-order valence-corrected chi connectivity index (χ1v) is 10.7. The summed E-state index contributed by atoms with van der Waals surface area (Å²) in [6.07, 6.45) is -0.419. The summed E-state index contributed by atoms with van der Waals surface area (Å²) >= 11 is 1.14. The lowest BCUT2D eigenvalue weighted by Gasteiger charge is -2.07. The number of benzene rings is 2. The Kier molecular flexibility index (Phi) is 6.22. The molecule has 156 valence electrons. The van der Waals surface area contributed by atoms with E-state index in [0.29, 0.717) is 11.3 Å². The third-order valence-corrected chi connectivity index (χ3v) is 5.92. The number of hydrogen-bond acceptors (Lipinski definition) is 5. The molecule has 0 aliphatic rings. The van der Waals surface area contributed by atoms with Crippen LogP contribution in [0.5, 0.6) is 0 Å². The van der Waals surface area contributed by atoms with E-state index < -0.39 is 27.7 Å². The Morgan fingerprint density at radius 1 is 1.03 bits per heavy atom. The van der Waals surface area contributed by atoms with Crippen molar-refractivity contribution >= 4 is 44.2 Å². The van der Waals surface area contributed by atoms with E-state index in [-0.39, 0.29) is 10.0 Å². The molecular formula is C19H14F3N3O3S2. The molecule has 0 atom stereocenters. The van der Waals surface area contributed by atoms with Crippen molar-refractivity contribution in [3.8, 4) is 0 Å². The normalized spacial score (nSPS) is 12.1. The van der Waals surface area contributed by atoms with Crippen LogP contribution < -0.4 is 10.0 Å². The maximum absolute atomic E-state index is 12.5. The van der Waals surface area contributed by atoms with Crippen molar-refractivity contribution in [3.05, 3.63) is 77.3 Å². The number of sulfonamides is 1. The second kappa shape index (κ2) is 8.67. The largest absolute Gasteiger partial charge is 0.416 e. The van der Waals surface area contributed by atoms with Crippen LogP contribution in [0.2, 0.25) is 0 Å². The van der Waals surface area contributed by atoms with E-state index in [9.17, 15) is 26.4 Å². The lowest BCUT2D eigenvalue weighted by atomic mass is 10.1. The van der Waals surface area contributed by atoms with Crippen molar-refractivity contribution in [1.29, 1.82) is 0 Å². The second-order valence-electron chi connectivity index (χ2n) is 5.91. The van der Waals surface area contributed by atoms with E-state index in [0.717, 1.165) is 29.5 Å². The SMILES string of the molecule is O=C(/C=C/c1ccc(C(F)(F)F)cc1)Nc1ccc(S(=O)(=O)Nc2nccs2)cc1. The molecule has 0 fully saturated rings. The van der Waals surface area contributed by atoms with Gasteiger partial charge in [0.25, 0.3) is 10.0 Å². The highest BCUT2D eigenvalue weighted by Crippen LogP contribution is 2.29. The van der Waals surface area contributed by atoms with Crippen LogP contribution >= 0.6 is 11.3 Å². The van der Waals surface area contributed by atoms with Crippen LogP contribution in [0, 0.1) is 0 Å². The molecule has 3 rings (SSSR count). The highest BCUT2D eigenvalue weighted by atomic mass is 32.2. The number of alkyl halides is 3. The molecule has 0 aliphatic carbocycles. The maximum Gasteiger partial charge on any atom is 0.416 e. The number of nitrogens with zero attached hydrogens (tertiary/aromatic N) is 1. The van der Waals surface area contributed by atoms with Crippen LogP contribution in [0.1, 0.15) is 11.1 Å². The van der Waals surface area contributed by atoms with Crippen molar-refractivity contribution in [3.63, 3.8) is 0 Å². The molecule has 0 radical (unpaired) electrons. The molecule has 1 aromatic heterocycles. The number of thiazole rings is 1. The quantitative estimate of drug-likeness (QED) is 0.534. The molecule has 1 amide bonds. The first kappa shape index (κ1) is 21.5. The molecule has 0 saturated carbocycles. The predicted molar refractivity (Wildman–Crippen MR) is 108 cm³/mol. The zero-order chi connectivity index (χ0) is 21.8. The van der Waals surface area contributed by atoms with Gasteiger partial charge in [0.1, 0.15) is 0 Å². The molecule has 0 bridgehead atoms. The first-order valence-electron chi connectivity index (χ1n) is 8.32. The van der Waals surface area contributed by atoms with E-state index >= 15 is 0 Å². The molecule has 1 heterocycles. The Morgan fingerprint density at radius 2 is 1.70 bits per heavy atom. The van der Waals surface area contributed by atoms with E-state index in [1.54, 1.807) is 5.38 Å². The number of hydrogen-bond donors (Lipinski definition) is 2. The minimum absolute atomic E-state index is 0.00371. The van der Waals surface area contributed by atoms with Crippen molar-refractivity contribution in [2.75, 3.05) is 10.0 Å². The summed E-state index contributed by atoms with van der Waals surface area (Å²) in [6, 6.07) is 9.84. The summed E-state index contributed by atoms with van der Waals surface area (Å²) < 4.78 is 64.5. The number of anilines is 2. The van der Waals surface area contributed by atoms with Gasteiger partial charge in [-0.05, 0) is 48.0 Å². The number of rotatable bonds is 6. The van der Waals surface area contributed by atoms with Crippen LogP contribution in [-0.4, -0.2) is 19.3 Å². The molecular weight excluding hydrogens is 439 g/mol.